The standard InChI is InChI=1S/C41H52N4O3S/c1-27(2)40-43-44-41(49-40)30-11-13-35(14-12-30)48-39-26-37-31(24-33(39)25-32-9-6-7-28(3)23-38(32)46)8-4-5-10-36(42-37)29-15-19-45(20-16-29)34-17-21-47-22-18-34/h4,8,11-14,24,26-29,32,34H,5-7,9-10,15-23,25H2,1-3H3. The lowest BCUT2D eigenvalue weighted by atomic mass is 9.87. The maximum Gasteiger partial charge on any atom is 0.147 e. The lowest BCUT2D eigenvalue weighted by molar-refractivity contribution is -0.123. The first-order valence-electron chi connectivity index (χ1n) is 18.8. The number of aliphatic imine (C=N–C) groups is 1. The number of allylic oxidation sites excluding steroid dienone is 1. The van der Waals surface area contributed by atoms with Crippen LogP contribution in [0, 0.1) is 17.8 Å². The van der Waals surface area contributed by atoms with Crippen LogP contribution in [-0.2, 0) is 16.0 Å². The van der Waals surface area contributed by atoms with E-state index in [1.165, 1.54) is 18.6 Å². The Balaban J connectivity index is 1.16. The molecule has 260 valence electrons. The number of fused-ring (bicyclic) bond motifs is 1. The molecule has 3 aromatic rings. The van der Waals surface area contributed by atoms with Gasteiger partial charge in [-0.2, -0.15) is 0 Å². The molecule has 0 spiro atoms. The van der Waals surface area contributed by atoms with E-state index in [1.807, 2.05) is 12.1 Å². The molecule has 7 nitrogen and oxygen atoms in total. The van der Waals surface area contributed by atoms with Gasteiger partial charge in [-0.25, -0.2) is 0 Å². The minimum Gasteiger partial charge on any atom is -0.457 e. The van der Waals surface area contributed by atoms with E-state index in [0.29, 0.717) is 42.4 Å². The van der Waals surface area contributed by atoms with E-state index in [1.54, 1.807) is 11.3 Å². The van der Waals surface area contributed by atoms with Gasteiger partial charge in [-0.1, -0.05) is 57.1 Å². The third kappa shape index (κ3) is 8.41. The first-order chi connectivity index (χ1) is 23.9. The van der Waals surface area contributed by atoms with E-state index in [4.69, 9.17) is 14.5 Å². The number of likely N-dealkylation sites (tertiary alicyclic amines) is 1. The zero-order chi connectivity index (χ0) is 33.7. The number of benzene rings is 2. The van der Waals surface area contributed by atoms with Gasteiger partial charge in [0.25, 0.3) is 0 Å². The van der Waals surface area contributed by atoms with Gasteiger partial charge in [0.2, 0.25) is 0 Å². The molecule has 2 unspecified atom stereocenters. The van der Waals surface area contributed by atoms with Gasteiger partial charge < -0.3 is 14.4 Å². The van der Waals surface area contributed by atoms with E-state index in [0.717, 1.165) is 115 Å². The highest BCUT2D eigenvalue weighted by Crippen LogP contribution is 2.39. The second kappa shape index (κ2) is 15.8. The van der Waals surface area contributed by atoms with Gasteiger partial charge in [0.05, 0.1) is 5.69 Å². The van der Waals surface area contributed by atoms with Gasteiger partial charge in [-0.15, -0.1) is 10.2 Å². The summed E-state index contributed by atoms with van der Waals surface area (Å²) in [7, 11) is 0. The first-order valence-corrected chi connectivity index (χ1v) is 19.6. The maximum absolute atomic E-state index is 13.3. The van der Waals surface area contributed by atoms with Gasteiger partial charge in [-0.3, -0.25) is 9.79 Å². The molecule has 2 aromatic carbocycles. The topological polar surface area (TPSA) is 76.9 Å². The molecular formula is C41H52N4O3S. The summed E-state index contributed by atoms with van der Waals surface area (Å²) in [4.78, 5) is 21.5. The number of carbonyl (C=O) groups excluding carboxylic acids is 1. The van der Waals surface area contributed by atoms with Crippen molar-refractivity contribution in [3.63, 3.8) is 0 Å². The highest BCUT2D eigenvalue weighted by molar-refractivity contribution is 7.14. The average Bonchev–Trinajstić information content (AvgIpc) is 3.55. The van der Waals surface area contributed by atoms with Crippen molar-refractivity contribution >= 4 is 34.6 Å². The van der Waals surface area contributed by atoms with Crippen LogP contribution >= 0.6 is 11.3 Å². The van der Waals surface area contributed by atoms with Crippen LogP contribution in [0.3, 0.4) is 0 Å². The van der Waals surface area contributed by atoms with Gasteiger partial charge in [0, 0.05) is 60.4 Å². The number of aromatic nitrogens is 2. The number of rotatable bonds is 8. The fraction of sp³-hybridized carbons (Fsp3) is 0.561. The second-order valence-corrected chi connectivity index (χ2v) is 16.1. The van der Waals surface area contributed by atoms with Crippen molar-refractivity contribution in [2.45, 2.75) is 103 Å². The van der Waals surface area contributed by atoms with Crippen LogP contribution in [0.4, 0.5) is 5.69 Å². The van der Waals surface area contributed by atoms with E-state index in [-0.39, 0.29) is 5.92 Å². The van der Waals surface area contributed by atoms with Gasteiger partial charge in [0.1, 0.15) is 27.3 Å². The van der Waals surface area contributed by atoms with Crippen LogP contribution in [0.1, 0.15) is 107 Å². The summed E-state index contributed by atoms with van der Waals surface area (Å²) in [5.74, 6) is 3.33. The number of piperidine rings is 1. The predicted molar refractivity (Wildman–Crippen MR) is 199 cm³/mol. The number of ether oxygens (including phenoxy) is 2. The Bertz CT molecular complexity index is 1650. The number of nitrogens with zero attached hydrogens (tertiary/aromatic N) is 4. The Morgan fingerprint density at radius 2 is 1.80 bits per heavy atom. The molecule has 0 N–H and O–H groups in total. The van der Waals surface area contributed by atoms with Crippen LogP contribution in [0.5, 0.6) is 11.5 Å². The molecule has 8 heteroatoms. The number of hydrogen-bond acceptors (Lipinski definition) is 8. The number of carbonyl (C=O) groups is 1. The largest absolute Gasteiger partial charge is 0.457 e. The Labute approximate surface area is 296 Å². The van der Waals surface area contributed by atoms with Gasteiger partial charge in [0.15, 0.2) is 0 Å². The van der Waals surface area contributed by atoms with Crippen LogP contribution < -0.4 is 4.74 Å². The monoisotopic (exact) mass is 680 g/mol. The summed E-state index contributed by atoms with van der Waals surface area (Å²) in [5, 5.41) is 10.8. The molecule has 0 amide bonds. The third-order valence-electron chi connectivity index (χ3n) is 11.0. The van der Waals surface area contributed by atoms with E-state index < -0.39 is 0 Å². The average molecular weight is 681 g/mol. The van der Waals surface area contributed by atoms with Crippen molar-refractivity contribution in [2.75, 3.05) is 26.3 Å². The summed E-state index contributed by atoms with van der Waals surface area (Å²) in [6, 6.07) is 13.2. The number of hydrogen-bond donors (Lipinski definition) is 0. The molecule has 4 heterocycles. The van der Waals surface area contributed by atoms with Crippen molar-refractivity contribution in [1.29, 1.82) is 0 Å². The number of Topliss-reactive ketones (excluding diaryl/α,β-unsaturated/α-hetero) is 1. The Morgan fingerprint density at radius 1 is 1.00 bits per heavy atom. The Kier molecular flexibility index (Phi) is 11.0. The lowest BCUT2D eigenvalue weighted by Crippen LogP contribution is -2.45. The van der Waals surface area contributed by atoms with Crippen molar-refractivity contribution in [2.24, 2.45) is 22.7 Å². The summed E-state index contributed by atoms with van der Waals surface area (Å²) in [6.07, 6.45) is 15.7. The first kappa shape index (κ1) is 34.3. The summed E-state index contributed by atoms with van der Waals surface area (Å²) in [6.45, 7) is 10.6. The molecule has 1 aromatic heterocycles. The van der Waals surface area contributed by atoms with Crippen molar-refractivity contribution in [1.82, 2.24) is 15.1 Å². The van der Waals surface area contributed by atoms with Crippen LogP contribution in [0.2, 0.25) is 0 Å². The minimum absolute atomic E-state index is 0.0257. The number of ketones is 1. The summed E-state index contributed by atoms with van der Waals surface area (Å²) >= 11 is 1.64. The molecule has 49 heavy (non-hydrogen) atoms. The molecule has 2 saturated heterocycles. The highest BCUT2D eigenvalue weighted by Gasteiger charge is 2.30. The predicted octanol–water partition coefficient (Wildman–Crippen LogP) is 9.83. The zero-order valence-electron chi connectivity index (χ0n) is 29.5. The van der Waals surface area contributed by atoms with Crippen molar-refractivity contribution < 1.29 is 14.3 Å². The van der Waals surface area contributed by atoms with Gasteiger partial charge >= 0.3 is 0 Å². The van der Waals surface area contributed by atoms with Crippen LogP contribution in [0.25, 0.3) is 16.6 Å². The molecule has 1 aliphatic carbocycles. The normalized spacial score (nSPS) is 23.1. The Morgan fingerprint density at radius 3 is 2.55 bits per heavy atom. The molecule has 3 fully saturated rings. The molecule has 0 radical (unpaired) electrons. The SMILES string of the molecule is CC1CCCC(Cc2cc3c(cc2Oc2ccc(-c4nnc(C(C)C)s4)cc2)N=C(C2CCN(C4CCOCC4)CC2)CCC=C3)C(=O)C1. The second-order valence-electron chi connectivity index (χ2n) is 15.1. The van der Waals surface area contributed by atoms with Crippen molar-refractivity contribution in [3.8, 4) is 22.1 Å². The summed E-state index contributed by atoms with van der Waals surface area (Å²) < 4.78 is 12.3. The van der Waals surface area contributed by atoms with Crippen LogP contribution in [-0.4, -0.2) is 58.9 Å². The highest BCUT2D eigenvalue weighted by atomic mass is 32.1. The third-order valence-corrected chi connectivity index (χ3v) is 12.3. The van der Waals surface area contributed by atoms with Gasteiger partial charge in [-0.05, 0) is 112 Å². The quantitative estimate of drug-likeness (QED) is 0.221. The van der Waals surface area contributed by atoms with Crippen LogP contribution in [0.15, 0.2) is 47.5 Å². The minimum atomic E-state index is 0.0257. The Hall–Kier alpha value is -3.20. The smallest absolute Gasteiger partial charge is 0.147 e. The molecule has 0 bridgehead atoms. The fourth-order valence-electron chi connectivity index (χ4n) is 8.06. The fourth-order valence-corrected chi connectivity index (χ4v) is 8.91. The molecule has 1 saturated carbocycles. The van der Waals surface area contributed by atoms with E-state index in [2.05, 4.69) is 72.3 Å². The van der Waals surface area contributed by atoms with E-state index in [9.17, 15) is 4.79 Å². The van der Waals surface area contributed by atoms with E-state index >= 15 is 0 Å². The molecule has 3 aliphatic heterocycles. The van der Waals surface area contributed by atoms with Crippen molar-refractivity contribution in [3.05, 3.63) is 58.6 Å². The molecular weight excluding hydrogens is 629 g/mol. The maximum atomic E-state index is 13.3. The molecule has 4 aliphatic rings. The summed E-state index contributed by atoms with van der Waals surface area (Å²) in [5.41, 5.74) is 5.56. The zero-order valence-corrected chi connectivity index (χ0v) is 30.4. The lowest BCUT2D eigenvalue weighted by Gasteiger charge is -2.39. The molecule has 2 atom stereocenters. The molecule has 7 rings (SSSR count).